The van der Waals surface area contributed by atoms with Gasteiger partial charge in [-0.3, -0.25) is 0 Å². The zero-order chi connectivity index (χ0) is 20.7. The second kappa shape index (κ2) is 7.65. The summed E-state index contributed by atoms with van der Waals surface area (Å²) in [5, 5.41) is 32.7. The fourth-order valence-electron chi connectivity index (χ4n) is 4.92. The van der Waals surface area contributed by atoms with Crippen molar-refractivity contribution in [2.75, 3.05) is 21.3 Å². The quantitative estimate of drug-likeness (QED) is 0.633. The number of benzene rings is 1. The number of allylic oxidation sites excluding steroid dienone is 1. The van der Waals surface area contributed by atoms with Gasteiger partial charge < -0.3 is 34.3 Å². The molecule has 1 aliphatic heterocycles. The first-order valence-electron chi connectivity index (χ1n) is 9.41. The minimum Gasteiger partial charge on any atom is -0.493 e. The summed E-state index contributed by atoms with van der Waals surface area (Å²) < 4.78 is 22.2. The highest BCUT2D eigenvalue weighted by Gasteiger charge is 2.71. The first kappa shape index (κ1) is 21.1. The first-order chi connectivity index (χ1) is 13.3. The van der Waals surface area contributed by atoms with Crippen LogP contribution in [-0.2, 0) is 9.47 Å². The van der Waals surface area contributed by atoms with Crippen LogP contribution in [0.4, 0.5) is 0 Å². The predicted octanol–water partition coefficient (Wildman–Crippen LogP) is 1.80. The van der Waals surface area contributed by atoms with Gasteiger partial charge in [-0.15, -0.1) is 6.58 Å². The van der Waals surface area contributed by atoms with Crippen LogP contribution in [0, 0.1) is 11.3 Å². The van der Waals surface area contributed by atoms with Gasteiger partial charge in [-0.1, -0.05) is 19.1 Å². The normalized spacial score (nSPS) is 40.0. The average molecular weight is 394 g/mol. The van der Waals surface area contributed by atoms with E-state index in [-0.39, 0.29) is 5.92 Å². The third-order valence-electron chi connectivity index (χ3n) is 6.56. The maximum Gasteiger partial charge on any atom is 0.201 e. The lowest BCUT2D eigenvalue weighted by Crippen LogP contribution is -2.67. The second-order valence-electron chi connectivity index (χ2n) is 7.70. The summed E-state index contributed by atoms with van der Waals surface area (Å²) >= 11 is 0. The van der Waals surface area contributed by atoms with Crippen LogP contribution in [0.3, 0.4) is 0 Å². The Labute approximate surface area is 165 Å². The molecule has 1 heterocycles. The number of ether oxygens (including phenoxy) is 4. The minimum atomic E-state index is -1.94. The fourth-order valence-corrected chi connectivity index (χ4v) is 4.92. The van der Waals surface area contributed by atoms with E-state index < -0.39 is 35.6 Å². The summed E-state index contributed by atoms with van der Waals surface area (Å²) in [5.41, 5.74) is -0.0848. The molecule has 3 N–H and O–H groups in total. The van der Waals surface area contributed by atoms with Gasteiger partial charge in [-0.05, 0) is 36.5 Å². The topological polar surface area (TPSA) is 97.6 Å². The number of hydrogen-bond donors (Lipinski definition) is 3. The van der Waals surface area contributed by atoms with E-state index in [2.05, 4.69) is 6.58 Å². The molecule has 28 heavy (non-hydrogen) atoms. The van der Waals surface area contributed by atoms with E-state index >= 15 is 0 Å². The maximum atomic E-state index is 11.5. The van der Waals surface area contributed by atoms with Crippen LogP contribution < -0.4 is 9.47 Å². The Kier molecular flexibility index (Phi) is 5.76. The lowest BCUT2D eigenvalue weighted by molar-refractivity contribution is -0.336. The Morgan fingerprint density at radius 3 is 2.46 bits per heavy atom. The van der Waals surface area contributed by atoms with E-state index in [1.165, 1.54) is 7.11 Å². The van der Waals surface area contributed by atoms with Crippen molar-refractivity contribution in [2.45, 2.75) is 50.0 Å². The molecule has 7 nitrogen and oxygen atoms in total. The van der Waals surface area contributed by atoms with Crippen LogP contribution in [0.1, 0.15) is 31.4 Å². The van der Waals surface area contributed by atoms with Gasteiger partial charge in [0.25, 0.3) is 0 Å². The van der Waals surface area contributed by atoms with E-state index in [1.807, 2.05) is 13.0 Å². The zero-order valence-corrected chi connectivity index (χ0v) is 16.8. The molecule has 1 aromatic rings. The van der Waals surface area contributed by atoms with E-state index in [4.69, 9.17) is 18.9 Å². The van der Waals surface area contributed by atoms with Crippen LogP contribution >= 0.6 is 0 Å². The van der Waals surface area contributed by atoms with Crippen LogP contribution in [0.5, 0.6) is 11.5 Å². The van der Waals surface area contributed by atoms with E-state index in [0.29, 0.717) is 24.3 Å². The third-order valence-corrected chi connectivity index (χ3v) is 6.56. The molecule has 1 aliphatic carbocycles. The van der Waals surface area contributed by atoms with Gasteiger partial charge in [0.2, 0.25) is 5.79 Å². The number of rotatable bonds is 6. The highest BCUT2D eigenvalue weighted by Crippen LogP contribution is 2.63. The van der Waals surface area contributed by atoms with Gasteiger partial charge in [-0.2, -0.15) is 0 Å². The standard InChI is InChI=1S/C21H30O7/c1-6-9-20-11-16(27-5)17(22)19(23)21(20,24)28-18(12(20)2)13-7-8-14(25-3)15(10-13)26-4/h6-8,10,12,16-19,22-24H,1,9,11H2,2-5H3/t12-,16-,17-,18-,19+,20-,21-/m0/s1. The van der Waals surface area contributed by atoms with Crippen molar-refractivity contribution in [3.63, 3.8) is 0 Å². The summed E-state index contributed by atoms with van der Waals surface area (Å²) in [6.07, 6.45) is -1.48. The zero-order valence-electron chi connectivity index (χ0n) is 16.8. The van der Waals surface area contributed by atoms with Crippen molar-refractivity contribution in [3.8, 4) is 11.5 Å². The molecule has 0 spiro atoms. The number of aliphatic hydroxyl groups is 3. The molecule has 7 atom stereocenters. The Morgan fingerprint density at radius 2 is 1.89 bits per heavy atom. The molecule has 156 valence electrons. The van der Waals surface area contributed by atoms with Gasteiger partial charge in [0, 0.05) is 12.5 Å². The fraction of sp³-hybridized carbons (Fsp3) is 0.619. The number of hydrogen-bond acceptors (Lipinski definition) is 7. The largest absolute Gasteiger partial charge is 0.493 e. The van der Waals surface area contributed by atoms with Gasteiger partial charge >= 0.3 is 0 Å². The third kappa shape index (κ3) is 2.84. The summed E-state index contributed by atoms with van der Waals surface area (Å²) in [6.45, 7) is 5.80. The molecule has 7 heteroatoms. The van der Waals surface area contributed by atoms with Crippen molar-refractivity contribution in [2.24, 2.45) is 11.3 Å². The summed E-state index contributed by atoms with van der Waals surface area (Å²) in [4.78, 5) is 0. The van der Waals surface area contributed by atoms with Gasteiger partial charge in [0.05, 0.1) is 26.4 Å². The molecule has 1 saturated carbocycles. The highest BCUT2D eigenvalue weighted by molar-refractivity contribution is 5.44. The van der Waals surface area contributed by atoms with Crippen LogP contribution in [-0.4, -0.2) is 60.7 Å². The van der Waals surface area contributed by atoms with Crippen molar-refractivity contribution in [1.82, 2.24) is 0 Å². The lowest BCUT2D eigenvalue weighted by atomic mass is 9.58. The molecule has 2 fully saturated rings. The van der Waals surface area contributed by atoms with Crippen LogP contribution in [0.2, 0.25) is 0 Å². The molecule has 1 aromatic carbocycles. The Balaban J connectivity index is 2.08. The monoisotopic (exact) mass is 394 g/mol. The Hall–Kier alpha value is -1.64. The molecule has 1 saturated heterocycles. The second-order valence-corrected chi connectivity index (χ2v) is 7.70. The van der Waals surface area contributed by atoms with E-state index in [1.54, 1.807) is 32.4 Å². The van der Waals surface area contributed by atoms with Crippen LogP contribution in [0.25, 0.3) is 0 Å². The number of methoxy groups -OCH3 is 3. The maximum absolute atomic E-state index is 11.5. The first-order valence-corrected chi connectivity index (χ1v) is 9.41. The SMILES string of the molecule is C=CC[C@@]12C[C@H](OC)[C@H](O)[C@@H](O)[C@]1(O)O[C@H](c1ccc(OC)c(OC)c1)[C@@H]2C. The number of fused-ring (bicyclic) bond motifs is 1. The van der Waals surface area contributed by atoms with Crippen molar-refractivity contribution in [1.29, 1.82) is 0 Å². The van der Waals surface area contributed by atoms with Crippen molar-refractivity contribution < 1.29 is 34.3 Å². The molecule has 0 amide bonds. The van der Waals surface area contributed by atoms with Crippen molar-refractivity contribution >= 4 is 0 Å². The molecule has 0 aromatic heterocycles. The van der Waals surface area contributed by atoms with E-state index in [9.17, 15) is 15.3 Å². The molecule has 0 bridgehead atoms. The van der Waals surface area contributed by atoms with Crippen molar-refractivity contribution in [3.05, 3.63) is 36.4 Å². The molecule has 0 unspecified atom stereocenters. The molecular weight excluding hydrogens is 364 g/mol. The Bertz CT molecular complexity index is 723. The van der Waals surface area contributed by atoms with Gasteiger partial charge in [0.1, 0.15) is 12.2 Å². The van der Waals surface area contributed by atoms with Gasteiger partial charge in [0.15, 0.2) is 11.5 Å². The molecule has 3 rings (SSSR count). The smallest absolute Gasteiger partial charge is 0.201 e. The Morgan fingerprint density at radius 1 is 1.21 bits per heavy atom. The molecular formula is C21H30O7. The lowest BCUT2D eigenvalue weighted by Gasteiger charge is -2.52. The number of aliphatic hydroxyl groups excluding tert-OH is 2. The van der Waals surface area contributed by atoms with E-state index in [0.717, 1.165) is 5.56 Å². The summed E-state index contributed by atoms with van der Waals surface area (Å²) in [5.74, 6) is -1.00. The summed E-state index contributed by atoms with van der Waals surface area (Å²) in [7, 11) is 4.60. The van der Waals surface area contributed by atoms with Crippen LogP contribution in [0.15, 0.2) is 30.9 Å². The highest BCUT2D eigenvalue weighted by atomic mass is 16.7. The minimum absolute atomic E-state index is 0.201. The molecule has 2 aliphatic rings. The summed E-state index contributed by atoms with van der Waals surface area (Å²) in [6, 6.07) is 5.43. The van der Waals surface area contributed by atoms with Gasteiger partial charge in [-0.25, -0.2) is 0 Å². The predicted molar refractivity (Wildman–Crippen MR) is 102 cm³/mol. The molecule has 0 radical (unpaired) electrons. The average Bonchev–Trinajstić information content (AvgIpc) is 2.93.